The summed E-state index contributed by atoms with van der Waals surface area (Å²) in [6.07, 6.45) is 6.29. The molecule has 8 nitrogen and oxygen atoms in total. The second-order valence-electron chi connectivity index (χ2n) is 8.86. The van der Waals surface area contributed by atoms with E-state index >= 15 is 0 Å². The molecule has 0 bridgehead atoms. The number of rotatable bonds is 5. The largest absolute Gasteiger partial charge is 0.497 e. The van der Waals surface area contributed by atoms with Gasteiger partial charge in [0, 0.05) is 44.7 Å². The molecule has 4 rings (SSSR count). The first-order chi connectivity index (χ1) is 15.5. The molecule has 0 spiro atoms. The Morgan fingerprint density at radius 3 is 2.38 bits per heavy atom. The number of hydrogen-bond donors (Lipinski definition) is 1. The topological polar surface area (TPSA) is 97.9 Å². The van der Waals surface area contributed by atoms with Crippen LogP contribution in [0.1, 0.15) is 53.0 Å². The molecular formula is C24H32N4O4. The van der Waals surface area contributed by atoms with Crippen LogP contribution >= 0.6 is 0 Å². The zero-order valence-corrected chi connectivity index (χ0v) is 18.9. The second-order valence-corrected chi connectivity index (χ2v) is 8.86. The van der Waals surface area contributed by atoms with Gasteiger partial charge in [-0.1, -0.05) is 19.3 Å². The third-order valence-corrected chi connectivity index (χ3v) is 7.09. The highest BCUT2D eigenvalue weighted by molar-refractivity contribution is 6.10. The van der Waals surface area contributed by atoms with Crippen molar-refractivity contribution in [3.63, 3.8) is 0 Å². The molecule has 8 heteroatoms. The van der Waals surface area contributed by atoms with Gasteiger partial charge >= 0.3 is 0 Å². The number of carbonyl (C=O) groups excluding carboxylic acids is 3. The van der Waals surface area contributed by atoms with Crippen molar-refractivity contribution in [2.24, 2.45) is 18.7 Å². The van der Waals surface area contributed by atoms with Gasteiger partial charge in [0.25, 0.3) is 5.91 Å². The summed E-state index contributed by atoms with van der Waals surface area (Å²) in [5.74, 6) is 0.720. The monoisotopic (exact) mass is 440 g/mol. The first-order valence-corrected chi connectivity index (χ1v) is 11.4. The number of ether oxygens (including phenoxy) is 1. The number of nitrogens with zero attached hydrogens (tertiary/aromatic N) is 3. The van der Waals surface area contributed by atoms with Crippen LogP contribution in [0.3, 0.4) is 0 Å². The smallest absolute Gasteiger partial charge is 0.271 e. The minimum Gasteiger partial charge on any atom is -0.497 e. The fourth-order valence-corrected chi connectivity index (χ4v) is 5.14. The van der Waals surface area contributed by atoms with Crippen molar-refractivity contribution in [1.29, 1.82) is 0 Å². The molecule has 1 aromatic heterocycles. The maximum Gasteiger partial charge on any atom is 0.271 e. The van der Waals surface area contributed by atoms with E-state index in [9.17, 15) is 14.4 Å². The zero-order chi connectivity index (χ0) is 22.8. The number of amides is 2. The highest BCUT2D eigenvalue weighted by Crippen LogP contribution is 2.29. The van der Waals surface area contributed by atoms with Gasteiger partial charge < -0.3 is 24.8 Å². The maximum atomic E-state index is 13.4. The quantitative estimate of drug-likeness (QED) is 0.719. The molecule has 1 saturated heterocycles. The van der Waals surface area contributed by atoms with E-state index in [0.717, 1.165) is 42.9 Å². The molecule has 2 fully saturated rings. The van der Waals surface area contributed by atoms with E-state index in [0.29, 0.717) is 43.2 Å². The van der Waals surface area contributed by atoms with Crippen molar-refractivity contribution in [1.82, 2.24) is 14.4 Å². The van der Waals surface area contributed by atoms with Crippen molar-refractivity contribution in [3.05, 3.63) is 29.5 Å². The molecule has 1 aliphatic heterocycles. The average molecular weight is 441 g/mol. The van der Waals surface area contributed by atoms with Gasteiger partial charge in [-0.2, -0.15) is 0 Å². The summed E-state index contributed by atoms with van der Waals surface area (Å²) in [4.78, 5) is 41.7. The van der Waals surface area contributed by atoms with Gasteiger partial charge in [-0.05, 0) is 30.9 Å². The van der Waals surface area contributed by atoms with Crippen molar-refractivity contribution >= 4 is 29.0 Å². The molecule has 1 aliphatic carbocycles. The molecular weight excluding hydrogens is 408 g/mol. The Bertz CT molecular complexity index is 1020. The Morgan fingerprint density at radius 1 is 1.09 bits per heavy atom. The van der Waals surface area contributed by atoms with Crippen LogP contribution in [-0.2, 0) is 11.8 Å². The number of nitrogens with two attached hydrogens (primary N) is 1. The van der Waals surface area contributed by atoms with Crippen molar-refractivity contribution < 1.29 is 19.1 Å². The Kier molecular flexibility index (Phi) is 6.50. The van der Waals surface area contributed by atoms with E-state index in [1.165, 1.54) is 6.42 Å². The summed E-state index contributed by atoms with van der Waals surface area (Å²) in [7, 11) is 3.36. The predicted molar refractivity (Wildman–Crippen MR) is 122 cm³/mol. The summed E-state index contributed by atoms with van der Waals surface area (Å²) in [6.45, 7) is 1.76. The third-order valence-electron chi connectivity index (χ3n) is 7.09. The molecule has 1 aromatic carbocycles. The fraction of sp³-hybridized carbons (Fsp3) is 0.542. The number of piperazine rings is 1. The van der Waals surface area contributed by atoms with Crippen LogP contribution in [-0.4, -0.2) is 71.8 Å². The molecule has 2 heterocycles. The first kappa shape index (κ1) is 22.3. The van der Waals surface area contributed by atoms with Crippen LogP contribution in [0, 0.1) is 5.92 Å². The number of hydrogen-bond acceptors (Lipinski definition) is 5. The molecule has 2 N–H and O–H groups in total. The Morgan fingerprint density at radius 2 is 1.75 bits per heavy atom. The van der Waals surface area contributed by atoms with E-state index < -0.39 is 6.04 Å². The van der Waals surface area contributed by atoms with Gasteiger partial charge in [0.15, 0.2) is 6.29 Å². The Balaban J connectivity index is 1.48. The molecule has 2 aliphatic rings. The lowest BCUT2D eigenvalue weighted by atomic mass is 9.83. The predicted octanol–water partition coefficient (Wildman–Crippen LogP) is 2.19. The average Bonchev–Trinajstić information content (AvgIpc) is 3.14. The summed E-state index contributed by atoms with van der Waals surface area (Å²) >= 11 is 0. The van der Waals surface area contributed by atoms with Crippen LogP contribution in [0.2, 0.25) is 0 Å². The minimum atomic E-state index is -0.452. The summed E-state index contributed by atoms with van der Waals surface area (Å²) < 4.78 is 7.04. The first-order valence-electron chi connectivity index (χ1n) is 11.4. The third kappa shape index (κ3) is 3.99. The standard InChI is InChI=1S/C24H32N4O4/c1-26-20-14-17(32-2)8-9-18(20)19(15-29)22(26)24(31)28-12-10-27(11-13-28)23(30)21(25)16-6-4-3-5-7-16/h8-9,14-16,21H,3-7,10-13,25H2,1-2H3/t21-/m0/s1. The number of aldehydes is 1. The van der Waals surface area contributed by atoms with Gasteiger partial charge in [0.2, 0.25) is 5.91 Å². The zero-order valence-electron chi connectivity index (χ0n) is 18.9. The van der Waals surface area contributed by atoms with Crippen LogP contribution in [0.15, 0.2) is 18.2 Å². The second kappa shape index (κ2) is 9.32. The van der Waals surface area contributed by atoms with Crippen molar-refractivity contribution in [2.75, 3.05) is 33.3 Å². The normalized spacial score (nSPS) is 18.6. The van der Waals surface area contributed by atoms with Crippen LogP contribution in [0.25, 0.3) is 10.9 Å². The van der Waals surface area contributed by atoms with Gasteiger partial charge in [-0.3, -0.25) is 14.4 Å². The number of benzene rings is 1. The lowest BCUT2D eigenvalue weighted by Crippen LogP contribution is -2.56. The van der Waals surface area contributed by atoms with E-state index in [1.807, 2.05) is 6.07 Å². The maximum absolute atomic E-state index is 13.4. The number of aryl methyl sites for hydroxylation is 1. The molecule has 0 radical (unpaired) electrons. The lowest BCUT2D eigenvalue weighted by molar-refractivity contribution is -0.135. The molecule has 1 saturated carbocycles. The summed E-state index contributed by atoms with van der Waals surface area (Å²) in [5.41, 5.74) is 7.82. The molecule has 32 heavy (non-hydrogen) atoms. The van der Waals surface area contributed by atoms with E-state index in [2.05, 4.69) is 0 Å². The van der Waals surface area contributed by atoms with E-state index in [4.69, 9.17) is 10.5 Å². The highest BCUT2D eigenvalue weighted by Gasteiger charge is 2.33. The van der Waals surface area contributed by atoms with E-state index in [1.54, 1.807) is 40.7 Å². The molecule has 0 unspecified atom stereocenters. The van der Waals surface area contributed by atoms with Crippen LogP contribution < -0.4 is 10.5 Å². The van der Waals surface area contributed by atoms with Gasteiger partial charge in [0.05, 0.1) is 24.2 Å². The fourth-order valence-electron chi connectivity index (χ4n) is 5.14. The van der Waals surface area contributed by atoms with Gasteiger partial charge in [-0.15, -0.1) is 0 Å². The molecule has 172 valence electrons. The Hall–Kier alpha value is -2.87. The minimum absolute atomic E-state index is 0.00530. The van der Waals surface area contributed by atoms with Crippen molar-refractivity contribution in [3.8, 4) is 5.75 Å². The Labute approximate surface area is 188 Å². The van der Waals surface area contributed by atoms with E-state index in [-0.39, 0.29) is 17.7 Å². The van der Waals surface area contributed by atoms with Gasteiger partial charge in [0.1, 0.15) is 11.4 Å². The number of fused-ring (bicyclic) bond motifs is 1. The summed E-state index contributed by atoms with van der Waals surface area (Å²) in [6, 6.07) is 4.96. The number of methoxy groups -OCH3 is 1. The van der Waals surface area contributed by atoms with Gasteiger partial charge in [-0.25, -0.2) is 0 Å². The van der Waals surface area contributed by atoms with Crippen molar-refractivity contribution in [2.45, 2.75) is 38.1 Å². The van der Waals surface area contributed by atoms with Crippen LogP contribution in [0.5, 0.6) is 5.75 Å². The highest BCUT2D eigenvalue weighted by atomic mass is 16.5. The molecule has 1 atom stereocenters. The number of aromatic nitrogens is 1. The summed E-state index contributed by atoms with van der Waals surface area (Å²) in [5, 5.41) is 0.721. The molecule has 2 aromatic rings. The SMILES string of the molecule is COc1ccc2c(C=O)c(C(=O)N3CCN(C(=O)[C@@H](N)C4CCCCC4)CC3)n(C)c2c1. The number of carbonyl (C=O) groups is 3. The lowest BCUT2D eigenvalue weighted by Gasteiger charge is -2.37. The van der Waals surface area contributed by atoms with Crippen LogP contribution in [0.4, 0.5) is 0 Å². The molecule has 2 amide bonds.